The van der Waals surface area contributed by atoms with Crippen LogP contribution < -0.4 is 4.74 Å². The maximum atomic E-state index is 6.19. The first-order valence-electron chi connectivity index (χ1n) is 7.88. The Hall–Kier alpha value is -2.35. The van der Waals surface area contributed by atoms with Gasteiger partial charge in [-0.05, 0) is 0 Å². The van der Waals surface area contributed by atoms with Crippen molar-refractivity contribution in [2.75, 3.05) is 0 Å². The predicted octanol–water partition coefficient (Wildman–Crippen LogP) is 5.37. The maximum absolute atomic E-state index is 6.19. The Kier molecular flexibility index (Phi) is 3.97. The van der Waals surface area contributed by atoms with E-state index >= 15 is 0 Å². The number of ether oxygens (including phenoxy) is 1. The van der Waals surface area contributed by atoms with Gasteiger partial charge in [0.1, 0.15) is 0 Å². The van der Waals surface area contributed by atoms with Crippen LogP contribution in [0.15, 0.2) is 65.7 Å². The molecular weight excluding hydrogens is 361 g/mol. The molecule has 0 amide bonds. The second-order valence-corrected chi connectivity index (χ2v) is 7.84. The summed E-state index contributed by atoms with van der Waals surface area (Å²) in [4.78, 5) is 6.85. The molecule has 0 unspecified atom stereocenters. The van der Waals surface area contributed by atoms with Crippen LogP contribution in [-0.4, -0.2) is 19.5 Å². The molecule has 2 aromatic carbocycles. The van der Waals surface area contributed by atoms with E-state index in [1.807, 2.05) is 12.3 Å². The Labute approximate surface area is 147 Å². The zero-order valence-electron chi connectivity index (χ0n) is 13.6. The van der Waals surface area contributed by atoms with Gasteiger partial charge in [0.25, 0.3) is 0 Å². The van der Waals surface area contributed by atoms with Gasteiger partial charge in [0.2, 0.25) is 0 Å². The van der Waals surface area contributed by atoms with Gasteiger partial charge in [-0.15, -0.1) is 0 Å². The molecule has 0 saturated heterocycles. The van der Waals surface area contributed by atoms with Crippen molar-refractivity contribution in [2.45, 2.75) is 13.8 Å². The van der Waals surface area contributed by atoms with Crippen molar-refractivity contribution in [1.29, 1.82) is 0 Å². The zero-order valence-corrected chi connectivity index (χ0v) is 15.3. The van der Waals surface area contributed by atoms with Crippen LogP contribution in [0.25, 0.3) is 20.8 Å². The Morgan fingerprint density at radius 3 is 2.42 bits per heavy atom. The van der Waals surface area contributed by atoms with Crippen LogP contribution in [0.1, 0.15) is 11.1 Å². The number of hydrogen-bond donors (Lipinski definition) is 0. The fourth-order valence-electron chi connectivity index (χ4n) is 2.96. The van der Waals surface area contributed by atoms with Crippen molar-refractivity contribution in [2.24, 2.45) is 0 Å². The molecule has 118 valence electrons. The minimum atomic E-state index is 0.323. The van der Waals surface area contributed by atoms with Gasteiger partial charge in [0.15, 0.2) is 0 Å². The van der Waals surface area contributed by atoms with E-state index in [4.69, 9.17) is 4.74 Å². The summed E-state index contributed by atoms with van der Waals surface area (Å²) < 4.78 is 7.52. The second-order valence-electron chi connectivity index (χ2n) is 5.93. The van der Waals surface area contributed by atoms with Gasteiger partial charge in [-0.1, -0.05) is 0 Å². The monoisotopic (exact) mass is 379 g/mol. The number of nitrogens with zero attached hydrogens (tertiary/aromatic N) is 1. The molecule has 0 fully saturated rings. The molecule has 0 spiro atoms. The Bertz CT molecular complexity index is 985. The number of pyridine rings is 1. The number of rotatable bonds is 3. The second kappa shape index (κ2) is 6.27. The molecule has 0 radical (unpaired) electrons. The van der Waals surface area contributed by atoms with E-state index < -0.39 is 0 Å². The van der Waals surface area contributed by atoms with Crippen molar-refractivity contribution in [3.8, 4) is 22.8 Å². The first-order chi connectivity index (χ1) is 11.7. The van der Waals surface area contributed by atoms with Crippen LogP contribution in [0, 0.1) is 13.8 Å². The number of benzene rings is 2. The molecule has 0 aliphatic heterocycles. The number of aryl methyl sites for hydroxylation is 2. The van der Waals surface area contributed by atoms with Gasteiger partial charge < -0.3 is 0 Å². The molecule has 2 aromatic heterocycles. The summed E-state index contributed by atoms with van der Waals surface area (Å²) in [5.74, 6) is 1.55. The van der Waals surface area contributed by atoms with Crippen molar-refractivity contribution in [3.63, 3.8) is 0 Å². The quantitative estimate of drug-likeness (QED) is 0.447. The first-order valence-corrected chi connectivity index (χ1v) is 9.73. The molecule has 4 aromatic rings. The molecular formula is C21H17NOSe. The van der Waals surface area contributed by atoms with Crippen molar-refractivity contribution in [1.82, 2.24) is 4.98 Å². The Morgan fingerprint density at radius 2 is 1.67 bits per heavy atom. The van der Waals surface area contributed by atoms with Crippen molar-refractivity contribution in [3.05, 3.63) is 76.9 Å². The summed E-state index contributed by atoms with van der Waals surface area (Å²) >= 11 is 0.323. The van der Waals surface area contributed by atoms with E-state index in [2.05, 4.69) is 72.3 Å². The Morgan fingerprint density at radius 1 is 0.917 bits per heavy atom. The minimum absolute atomic E-state index is 0.323. The standard InChI is InChI=1S/C21H17NOSe/c1-14-10-15(2)12-17(11-14)23-21-20-18(16-6-4-3-5-7-16)13-24-19(20)8-9-22-21/h3-13H,1-2H3. The van der Waals surface area contributed by atoms with E-state index in [0.717, 1.165) is 11.1 Å². The molecule has 0 aliphatic rings. The Balaban J connectivity index is 1.85. The normalized spacial score (nSPS) is 10.9. The third-order valence-corrected chi connectivity index (χ3v) is 5.93. The summed E-state index contributed by atoms with van der Waals surface area (Å²) in [6, 6.07) is 18.8. The van der Waals surface area contributed by atoms with Crippen LogP contribution >= 0.6 is 0 Å². The van der Waals surface area contributed by atoms with Gasteiger partial charge in [-0.2, -0.15) is 0 Å². The molecule has 2 nitrogen and oxygen atoms in total. The van der Waals surface area contributed by atoms with Crippen molar-refractivity contribution < 1.29 is 4.74 Å². The zero-order chi connectivity index (χ0) is 16.5. The van der Waals surface area contributed by atoms with Gasteiger partial charge in [0, 0.05) is 0 Å². The molecule has 0 aliphatic carbocycles. The van der Waals surface area contributed by atoms with Gasteiger partial charge >= 0.3 is 147 Å². The summed E-state index contributed by atoms with van der Waals surface area (Å²) in [6.45, 7) is 4.17. The topological polar surface area (TPSA) is 22.1 Å². The van der Waals surface area contributed by atoms with Gasteiger partial charge in [-0.25, -0.2) is 0 Å². The molecule has 0 N–H and O–H groups in total. The van der Waals surface area contributed by atoms with E-state index in [1.165, 1.54) is 26.5 Å². The molecule has 3 heteroatoms. The number of aromatic nitrogens is 1. The SMILES string of the molecule is Cc1cc(C)cc(Oc2nccc3[se]cc(-c4ccccc4)c23)c1. The number of fused-ring (bicyclic) bond motifs is 1. The molecule has 2 heterocycles. The van der Waals surface area contributed by atoms with Gasteiger partial charge in [-0.3, -0.25) is 0 Å². The van der Waals surface area contributed by atoms with Crippen LogP contribution in [0.5, 0.6) is 11.6 Å². The van der Waals surface area contributed by atoms with Crippen LogP contribution in [0.3, 0.4) is 0 Å². The molecule has 24 heavy (non-hydrogen) atoms. The first kappa shape index (κ1) is 15.2. The van der Waals surface area contributed by atoms with E-state index in [0.29, 0.717) is 20.4 Å². The van der Waals surface area contributed by atoms with Crippen LogP contribution in [0.2, 0.25) is 0 Å². The summed E-state index contributed by atoms with van der Waals surface area (Å²) in [5.41, 5.74) is 4.84. The van der Waals surface area contributed by atoms with Crippen molar-refractivity contribution >= 4 is 24.1 Å². The average molecular weight is 378 g/mol. The molecule has 0 atom stereocenters. The van der Waals surface area contributed by atoms with Crippen LogP contribution in [-0.2, 0) is 0 Å². The third-order valence-electron chi connectivity index (χ3n) is 3.95. The summed E-state index contributed by atoms with van der Waals surface area (Å²) in [5, 5.41) is 1.14. The fourth-order valence-corrected chi connectivity index (χ4v) is 4.96. The number of hydrogen-bond acceptors (Lipinski definition) is 2. The van der Waals surface area contributed by atoms with Gasteiger partial charge in [0.05, 0.1) is 0 Å². The third kappa shape index (κ3) is 2.89. The molecule has 0 bridgehead atoms. The average Bonchev–Trinajstić information content (AvgIpc) is 3.00. The van der Waals surface area contributed by atoms with E-state index in [1.54, 1.807) is 0 Å². The van der Waals surface area contributed by atoms with E-state index in [9.17, 15) is 0 Å². The molecule has 0 saturated carbocycles. The molecule has 4 rings (SSSR count). The summed E-state index contributed by atoms with van der Waals surface area (Å²) in [6.07, 6.45) is 1.85. The summed E-state index contributed by atoms with van der Waals surface area (Å²) in [7, 11) is 0. The predicted molar refractivity (Wildman–Crippen MR) is 100 cm³/mol. The van der Waals surface area contributed by atoms with E-state index in [-0.39, 0.29) is 0 Å². The fraction of sp³-hybridized carbons (Fsp3) is 0.0952. The van der Waals surface area contributed by atoms with Crippen LogP contribution in [0.4, 0.5) is 0 Å².